The van der Waals surface area contributed by atoms with Crippen molar-refractivity contribution in [3.05, 3.63) is 34.9 Å². The van der Waals surface area contributed by atoms with Gasteiger partial charge in [-0.2, -0.15) is 0 Å². The summed E-state index contributed by atoms with van der Waals surface area (Å²) >= 11 is 0. The Morgan fingerprint density at radius 3 is 2.15 bits per heavy atom. The zero-order valence-electron chi connectivity index (χ0n) is 16.4. The van der Waals surface area contributed by atoms with Crippen LogP contribution in [0, 0.1) is 0 Å². The van der Waals surface area contributed by atoms with E-state index in [4.69, 9.17) is 4.74 Å². The van der Waals surface area contributed by atoms with E-state index in [0.717, 1.165) is 17.7 Å². The minimum Gasteiger partial charge on any atom is -0.452 e. The van der Waals surface area contributed by atoms with Gasteiger partial charge in [0, 0.05) is 19.1 Å². The van der Waals surface area contributed by atoms with Gasteiger partial charge in [0.05, 0.1) is 16.7 Å². The molecule has 1 aliphatic heterocycles. The number of imide groups is 1. The molecule has 1 heterocycles. The molecular formula is C20H26N2O5. The highest BCUT2D eigenvalue weighted by Gasteiger charge is 2.33. The molecule has 1 aliphatic rings. The molecule has 0 spiro atoms. The Hall–Kier alpha value is -2.70. The topological polar surface area (TPSA) is 84.0 Å². The summed E-state index contributed by atoms with van der Waals surface area (Å²) in [5, 5.41) is 0. The number of nitrogens with zero attached hydrogens (tertiary/aromatic N) is 2. The molecule has 7 nitrogen and oxygen atoms in total. The largest absolute Gasteiger partial charge is 0.452 e. The molecule has 7 heteroatoms. The summed E-state index contributed by atoms with van der Waals surface area (Å²) in [6, 6.07) is 4.29. The molecular weight excluding hydrogens is 348 g/mol. The highest BCUT2D eigenvalue weighted by molar-refractivity contribution is 6.21. The number of hydrogen-bond acceptors (Lipinski definition) is 5. The van der Waals surface area contributed by atoms with Crippen LogP contribution in [-0.2, 0) is 9.53 Å². The zero-order chi connectivity index (χ0) is 20.3. The molecule has 2 rings (SSSR count). The lowest BCUT2D eigenvalue weighted by atomic mass is 10.1. The quantitative estimate of drug-likeness (QED) is 0.541. The number of ether oxygens (including phenoxy) is 1. The second-order valence-corrected chi connectivity index (χ2v) is 6.82. The fourth-order valence-electron chi connectivity index (χ4n) is 3.09. The molecule has 1 aromatic rings. The molecule has 27 heavy (non-hydrogen) atoms. The zero-order valence-corrected chi connectivity index (χ0v) is 16.4. The van der Waals surface area contributed by atoms with Crippen LogP contribution in [0.3, 0.4) is 0 Å². The summed E-state index contributed by atoms with van der Waals surface area (Å²) in [4.78, 5) is 51.6. The number of rotatable bonds is 7. The molecule has 146 valence electrons. The first-order valence-corrected chi connectivity index (χ1v) is 9.17. The molecule has 0 saturated heterocycles. The Labute approximate surface area is 159 Å². The monoisotopic (exact) mass is 374 g/mol. The Balaban J connectivity index is 2.09. The standard InChI is InChI=1S/C20H26N2O5/c1-6-12(3)22(13(4)7-2)17(23)11-27-20(26)14-8-9-15-16(10-14)19(25)21(5)18(15)24/h8-10,12-13H,6-7,11H2,1-5H3/t12-,13+. The van der Waals surface area contributed by atoms with Crippen molar-refractivity contribution in [1.82, 2.24) is 9.80 Å². The van der Waals surface area contributed by atoms with Crippen molar-refractivity contribution in [1.29, 1.82) is 0 Å². The summed E-state index contributed by atoms with van der Waals surface area (Å²) in [7, 11) is 1.39. The van der Waals surface area contributed by atoms with E-state index in [2.05, 4.69) is 0 Å². The van der Waals surface area contributed by atoms with Gasteiger partial charge in [0.1, 0.15) is 0 Å². The van der Waals surface area contributed by atoms with E-state index in [1.54, 1.807) is 4.90 Å². The highest BCUT2D eigenvalue weighted by atomic mass is 16.5. The number of amides is 3. The maximum absolute atomic E-state index is 12.5. The van der Waals surface area contributed by atoms with E-state index in [1.807, 2.05) is 27.7 Å². The van der Waals surface area contributed by atoms with Crippen molar-refractivity contribution < 1.29 is 23.9 Å². The van der Waals surface area contributed by atoms with E-state index in [-0.39, 0.29) is 41.3 Å². The average molecular weight is 374 g/mol. The van der Waals surface area contributed by atoms with Gasteiger partial charge in [-0.15, -0.1) is 0 Å². The normalized spacial score (nSPS) is 15.4. The predicted octanol–water partition coefficient (Wildman–Crippen LogP) is 2.49. The fourth-order valence-corrected chi connectivity index (χ4v) is 3.09. The number of esters is 1. The Morgan fingerprint density at radius 2 is 1.59 bits per heavy atom. The first-order chi connectivity index (χ1) is 12.7. The molecule has 3 amide bonds. The lowest BCUT2D eigenvalue weighted by Crippen LogP contribution is -2.46. The fraction of sp³-hybridized carbons (Fsp3) is 0.500. The molecule has 1 aromatic carbocycles. The van der Waals surface area contributed by atoms with Crippen LogP contribution in [0.2, 0.25) is 0 Å². The van der Waals surface area contributed by atoms with Gasteiger partial charge < -0.3 is 9.64 Å². The van der Waals surface area contributed by atoms with Gasteiger partial charge >= 0.3 is 5.97 Å². The second kappa shape index (κ2) is 8.33. The third kappa shape index (κ3) is 4.02. The molecule has 0 N–H and O–H groups in total. The highest BCUT2D eigenvalue weighted by Crippen LogP contribution is 2.23. The number of carbonyl (C=O) groups excluding carboxylic acids is 4. The van der Waals surface area contributed by atoms with Crippen LogP contribution in [0.5, 0.6) is 0 Å². The van der Waals surface area contributed by atoms with Crippen LogP contribution < -0.4 is 0 Å². The minimum atomic E-state index is -0.700. The van der Waals surface area contributed by atoms with Crippen molar-refractivity contribution in [2.75, 3.05) is 13.7 Å². The summed E-state index contributed by atoms with van der Waals surface area (Å²) in [6.45, 7) is 7.56. The summed E-state index contributed by atoms with van der Waals surface area (Å²) in [5.74, 6) is -1.81. The van der Waals surface area contributed by atoms with Crippen LogP contribution >= 0.6 is 0 Å². The minimum absolute atomic E-state index is 0.0466. The van der Waals surface area contributed by atoms with Crippen molar-refractivity contribution >= 4 is 23.7 Å². The van der Waals surface area contributed by atoms with Gasteiger partial charge in [0.25, 0.3) is 17.7 Å². The lowest BCUT2D eigenvalue weighted by molar-refractivity contribution is -0.139. The maximum Gasteiger partial charge on any atom is 0.338 e. The smallest absolute Gasteiger partial charge is 0.338 e. The van der Waals surface area contributed by atoms with Crippen LogP contribution in [0.1, 0.15) is 71.6 Å². The Kier molecular flexibility index (Phi) is 6.36. The first-order valence-electron chi connectivity index (χ1n) is 9.17. The predicted molar refractivity (Wildman–Crippen MR) is 99.5 cm³/mol. The van der Waals surface area contributed by atoms with Crippen LogP contribution in [-0.4, -0.2) is 59.2 Å². The third-order valence-electron chi connectivity index (χ3n) is 5.07. The Bertz CT molecular complexity index is 764. The first kappa shape index (κ1) is 20.6. The van der Waals surface area contributed by atoms with E-state index >= 15 is 0 Å². The van der Waals surface area contributed by atoms with Gasteiger partial charge in [-0.3, -0.25) is 19.3 Å². The SMILES string of the molecule is CC[C@@H](C)N(C(=O)COC(=O)c1ccc2c(c1)C(=O)N(C)C2=O)[C@@H](C)CC. The lowest BCUT2D eigenvalue weighted by Gasteiger charge is -2.33. The number of hydrogen-bond donors (Lipinski definition) is 0. The van der Waals surface area contributed by atoms with Gasteiger partial charge in [0.2, 0.25) is 0 Å². The van der Waals surface area contributed by atoms with E-state index in [1.165, 1.54) is 25.2 Å². The van der Waals surface area contributed by atoms with Crippen molar-refractivity contribution in [3.8, 4) is 0 Å². The third-order valence-corrected chi connectivity index (χ3v) is 5.07. The number of fused-ring (bicyclic) bond motifs is 1. The summed E-state index contributed by atoms with van der Waals surface area (Å²) in [5.41, 5.74) is 0.565. The number of carbonyl (C=O) groups is 4. The number of benzene rings is 1. The van der Waals surface area contributed by atoms with Gasteiger partial charge in [-0.05, 0) is 44.9 Å². The van der Waals surface area contributed by atoms with Gasteiger partial charge in [0.15, 0.2) is 6.61 Å². The van der Waals surface area contributed by atoms with E-state index in [0.29, 0.717) is 0 Å². The molecule has 0 saturated carbocycles. The molecule has 2 atom stereocenters. The molecule has 0 aromatic heterocycles. The van der Waals surface area contributed by atoms with Gasteiger partial charge in [-0.1, -0.05) is 13.8 Å². The van der Waals surface area contributed by atoms with Gasteiger partial charge in [-0.25, -0.2) is 4.79 Å². The summed E-state index contributed by atoms with van der Waals surface area (Å²) in [6.07, 6.45) is 1.61. The van der Waals surface area contributed by atoms with Crippen LogP contribution in [0.25, 0.3) is 0 Å². The second-order valence-electron chi connectivity index (χ2n) is 6.82. The Morgan fingerprint density at radius 1 is 1.04 bits per heavy atom. The van der Waals surface area contributed by atoms with E-state index < -0.39 is 17.8 Å². The van der Waals surface area contributed by atoms with Crippen molar-refractivity contribution in [2.45, 2.75) is 52.6 Å². The molecule has 0 unspecified atom stereocenters. The van der Waals surface area contributed by atoms with Crippen molar-refractivity contribution in [2.24, 2.45) is 0 Å². The van der Waals surface area contributed by atoms with Crippen molar-refractivity contribution in [3.63, 3.8) is 0 Å². The summed E-state index contributed by atoms with van der Waals surface area (Å²) < 4.78 is 5.17. The van der Waals surface area contributed by atoms with E-state index in [9.17, 15) is 19.2 Å². The average Bonchev–Trinajstić information content (AvgIpc) is 2.89. The van der Waals surface area contributed by atoms with Crippen LogP contribution in [0.15, 0.2) is 18.2 Å². The molecule has 0 bridgehead atoms. The molecule has 0 aliphatic carbocycles. The molecule has 0 radical (unpaired) electrons. The molecule has 0 fully saturated rings. The van der Waals surface area contributed by atoms with Crippen LogP contribution in [0.4, 0.5) is 0 Å². The maximum atomic E-state index is 12.5.